The molecule has 18 heavy (non-hydrogen) atoms. The summed E-state index contributed by atoms with van der Waals surface area (Å²) in [6.07, 6.45) is 2.72. The maximum absolute atomic E-state index is 12.6. The molecule has 0 N–H and O–H groups in total. The maximum Gasteiger partial charge on any atom is 0.239 e. The summed E-state index contributed by atoms with van der Waals surface area (Å²) in [7, 11) is 0. The third kappa shape index (κ3) is 1.94. The number of benzene rings is 1. The van der Waals surface area contributed by atoms with Gasteiger partial charge in [-0.05, 0) is 31.4 Å². The predicted molar refractivity (Wildman–Crippen MR) is 71.2 cm³/mol. The Morgan fingerprint density at radius 2 is 1.72 bits per heavy atom. The molecule has 2 rings (SSSR count). The standard InChI is InChI=1S/C15H19NO2/c1-3-15(4-2)11-10-13(17)16(14(15)18)12-8-6-5-7-9-12/h5-9H,3-4,10-11H2,1-2H3. The molecule has 1 aliphatic rings. The summed E-state index contributed by atoms with van der Waals surface area (Å²) in [5.74, 6) is -0.112. The monoisotopic (exact) mass is 245 g/mol. The van der Waals surface area contributed by atoms with Crippen molar-refractivity contribution in [2.45, 2.75) is 39.5 Å². The van der Waals surface area contributed by atoms with Crippen LogP contribution in [-0.4, -0.2) is 11.8 Å². The van der Waals surface area contributed by atoms with Crippen LogP contribution in [0.3, 0.4) is 0 Å². The minimum atomic E-state index is -0.357. The zero-order valence-electron chi connectivity index (χ0n) is 11.0. The van der Waals surface area contributed by atoms with Crippen molar-refractivity contribution in [1.82, 2.24) is 0 Å². The average Bonchev–Trinajstić information content (AvgIpc) is 2.41. The van der Waals surface area contributed by atoms with Crippen LogP contribution in [0, 0.1) is 5.41 Å². The quantitative estimate of drug-likeness (QED) is 0.767. The maximum atomic E-state index is 12.6. The fourth-order valence-electron chi connectivity index (χ4n) is 2.66. The molecule has 1 aromatic rings. The van der Waals surface area contributed by atoms with Gasteiger partial charge in [0.15, 0.2) is 0 Å². The smallest absolute Gasteiger partial charge is 0.239 e. The Morgan fingerprint density at radius 3 is 2.28 bits per heavy atom. The number of carbonyl (C=O) groups is 2. The average molecular weight is 245 g/mol. The second-order valence-electron chi connectivity index (χ2n) is 4.86. The predicted octanol–water partition coefficient (Wildman–Crippen LogP) is 3.15. The van der Waals surface area contributed by atoms with Gasteiger partial charge in [-0.1, -0.05) is 32.0 Å². The van der Waals surface area contributed by atoms with Crippen LogP contribution in [-0.2, 0) is 9.59 Å². The Hall–Kier alpha value is -1.64. The zero-order chi connectivity index (χ0) is 13.2. The van der Waals surface area contributed by atoms with E-state index in [2.05, 4.69) is 0 Å². The molecule has 0 saturated carbocycles. The van der Waals surface area contributed by atoms with Gasteiger partial charge >= 0.3 is 0 Å². The Bertz CT molecular complexity index is 449. The number of anilines is 1. The fraction of sp³-hybridized carbons (Fsp3) is 0.467. The molecule has 1 aromatic carbocycles. The van der Waals surface area contributed by atoms with Crippen LogP contribution in [0.15, 0.2) is 30.3 Å². The number of amides is 2. The number of carbonyl (C=O) groups excluding carboxylic acids is 2. The number of piperidine rings is 1. The van der Waals surface area contributed by atoms with E-state index >= 15 is 0 Å². The van der Waals surface area contributed by atoms with E-state index in [1.807, 2.05) is 44.2 Å². The molecular weight excluding hydrogens is 226 g/mol. The molecule has 0 radical (unpaired) electrons. The van der Waals surface area contributed by atoms with Crippen molar-refractivity contribution < 1.29 is 9.59 Å². The molecule has 0 aliphatic carbocycles. The summed E-state index contributed by atoms with van der Waals surface area (Å²) in [5.41, 5.74) is 0.336. The van der Waals surface area contributed by atoms with Crippen molar-refractivity contribution in [1.29, 1.82) is 0 Å². The first kappa shape index (κ1) is 12.8. The van der Waals surface area contributed by atoms with Gasteiger partial charge in [0.25, 0.3) is 0 Å². The van der Waals surface area contributed by atoms with Gasteiger partial charge in [0, 0.05) is 6.42 Å². The molecule has 1 heterocycles. The number of para-hydroxylation sites is 1. The number of imide groups is 1. The molecule has 1 fully saturated rings. The van der Waals surface area contributed by atoms with Gasteiger partial charge in [-0.2, -0.15) is 0 Å². The Morgan fingerprint density at radius 1 is 1.11 bits per heavy atom. The Labute approximate surface area is 108 Å². The van der Waals surface area contributed by atoms with Gasteiger partial charge in [0.1, 0.15) is 0 Å². The van der Waals surface area contributed by atoms with Crippen LogP contribution in [0.25, 0.3) is 0 Å². The van der Waals surface area contributed by atoms with Crippen LogP contribution in [0.4, 0.5) is 5.69 Å². The van der Waals surface area contributed by atoms with E-state index in [-0.39, 0.29) is 17.2 Å². The van der Waals surface area contributed by atoms with E-state index in [9.17, 15) is 9.59 Å². The lowest BCUT2D eigenvalue weighted by Crippen LogP contribution is -2.51. The Kier molecular flexibility index (Phi) is 3.50. The molecule has 96 valence electrons. The van der Waals surface area contributed by atoms with E-state index in [0.717, 1.165) is 12.8 Å². The number of rotatable bonds is 3. The summed E-state index contributed by atoms with van der Waals surface area (Å²) in [6.45, 7) is 4.06. The second kappa shape index (κ2) is 4.92. The molecule has 3 heteroatoms. The molecule has 2 amide bonds. The highest BCUT2D eigenvalue weighted by atomic mass is 16.2. The number of nitrogens with zero attached hydrogens (tertiary/aromatic N) is 1. The third-order valence-electron chi connectivity index (χ3n) is 4.09. The van der Waals surface area contributed by atoms with E-state index in [1.165, 1.54) is 4.90 Å². The van der Waals surface area contributed by atoms with Gasteiger partial charge in [-0.25, -0.2) is 0 Å². The molecule has 0 atom stereocenters. The molecule has 0 bridgehead atoms. The minimum absolute atomic E-state index is 0.0325. The van der Waals surface area contributed by atoms with Gasteiger partial charge in [0.05, 0.1) is 11.1 Å². The highest BCUT2D eigenvalue weighted by Gasteiger charge is 2.44. The van der Waals surface area contributed by atoms with E-state index in [0.29, 0.717) is 18.5 Å². The van der Waals surface area contributed by atoms with Gasteiger partial charge in [-0.3, -0.25) is 14.5 Å². The first-order chi connectivity index (χ1) is 8.64. The van der Waals surface area contributed by atoms with Crippen molar-refractivity contribution in [2.24, 2.45) is 5.41 Å². The second-order valence-corrected chi connectivity index (χ2v) is 4.86. The SMILES string of the molecule is CCC1(CC)CCC(=O)N(c2ccccc2)C1=O. The van der Waals surface area contributed by atoms with Crippen molar-refractivity contribution in [3.63, 3.8) is 0 Å². The largest absolute Gasteiger partial charge is 0.274 e. The molecular formula is C15H19NO2. The van der Waals surface area contributed by atoms with Crippen LogP contribution in [0.2, 0.25) is 0 Å². The van der Waals surface area contributed by atoms with Gasteiger partial charge < -0.3 is 0 Å². The van der Waals surface area contributed by atoms with E-state index < -0.39 is 0 Å². The summed E-state index contributed by atoms with van der Waals surface area (Å²) >= 11 is 0. The lowest BCUT2D eigenvalue weighted by atomic mass is 9.74. The number of hydrogen-bond acceptors (Lipinski definition) is 2. The molecule has 3 nitrogen and oxygen atoms in total. The van der Waals surface area contributed by atoms with Crippen molar-refractivity contribution in [3.8, 4) is 0 Å². The summed E-state index contributed by atoms with van der Waals surface area (Å²) in [6, 6.07) is 9.22. The highest BCUT2D eigenvalue weighted by Crippen LogP contribution is 2.39. The van der Waals surface area contributed by atoms with Crippen molar-refractivity contribution in [2.75, 3.05) is 4.90 Å². The van der Waals surface area contributed by atoms with Crippen molar-refractivity contribution in [3.05, 3.63) is 30.3 Å². The lowest BCUT2D eigenvalue weighted by molar-refractivity contribution is -0.138. The summed E-state index contributed by atoms with van der Waals surface area (Å²) < 4.78 is 0. The first-order valence-corrected chi connectivity index (χ1v) is 6.57. The minimum Gasteiger partial charge on any atom is -0.274 e. The summed E-state index contributed by atoms with van der Waals surface area (Å²) in [4.78, 5) is 26.0. The topological polar surface area (TPSA) is 37.4 Å². The third-order valence-corrected chi connectivity index (χ3v) is 4.09. The van der Waals surface area contributed by atoms with Gasteiger partial charge in [-0.15, -0.1) is 0 Å². The normalized spacial score (nSPS) is 19.1. The highest BCUT2D eigenvalue weighted by molar-refractivity contribution is 6.18. The lowest BCUT2D eigenvalue weighted by Gasteiger charge is -2.39. The van der Waals surface area contributed by atoms with E-state index in [4.69, 9.17) is 0 Å². The van der Waals surface area contributed by atoms with Crippen LogP contribution in [0.5, 0.6) is 0 Å². The first-order valence-electron chi connectivity index (χ1n) is 6.57. The van der Waals surface area contributed by atoms with Gasteiger partial charge in [0.2, 0.25) is 11.8 Å². The number of hydrogen-bond donors (Lipinski definition) is 0. The molecule has 0 spiro atoms. The van der Waals surface area contributed by atoms with Crippen LogP contribution < -0.4 is 4.90 Å². The fourth-order valence-corrected chi connectivity index (χ4v) is 2.66. The van der Waals surface area contributed by atoms with Crippen molar-refractivity contribution >= 4 is 17.5 Å². The Balaban J connectivity index is 2.39. The summed E-state index contributed by atoms with van der Waals surface area (Å²) in [5, 5.41) is 0. The van der Waals surface area contributed by atoms with Crippen LogP contribution >= 0.6 is 0 Å². The van der Waals surface area contributed by atoms with Crippen LogP contribution in [0.1, 0.15) is 39.5 Å². The van der Waals surface area contributed by atoms with E-state index in [1.54, 1.807) is 0 Å². The molecule has 1 aliphatic heterocycles. The zero-order valence-corrected chi connectivity index (χ0v) is 11.0. The molecule has 0 aromatic heterocycles. The molecule has 0 unspecified atom stereocenters. The molecule has 1 saturated heterocycles.